The van der Waals surface area contributed by atoms with Gasteiger partial charge in [0.25, 0.3) is 5.91 Å². The number of amidine groups is 1. The van der Waals surface area contributed by atoms with Crippen LogP contribution in [0.1, 0.15) is 30.5 Å². The lowest BCUT2D eigenvalue weighted by molar-refractivity contribution is -0.166. The molecule has 1 heterocycles. The number of hydroxylamine groups is 2. The van der Waals surface area contributed by atoms with E-state index in [2.05, 4.69) is 4.99 Å². The lowest BCUT2D eigenvalue weighted by Gasteiger charge is -2.17. The maximum atomic E-state index is 13.1. The van der Waals surface area contributed by atoms with Crippen LogP contribution in [-0.4, -0.2) is 20.9 Å². The van der Waals surface area contributed by atoms with Crippen LogP contribution in [0.3, 0.4) is 0 Å². The zero-order valence-electron chi connectivity index (χ0n) is 16.2. The maximum absolute atomic E-state index is 13.1. The van der Waals surface area contributed by atoms with Gasteiger partial charge >= 0.3 is 12.4 Å². The Hall–Kier alpha value is -2.53. The van der Waals surface area contributed by atoms with Crippen molar-refractivity contribution in [2.45, 2.75) is 37.6 Å². The molecule has 0 spiro atoms. The van der Waals surface area contributed by atoms with Crippen LogP contribution in [0.2, 0.25) is 0 Å². The van der Waals surface area contributed by atoms with E-state index in [0.29, 0.717) is 17.7 Å². The van der Waals surface area contributed by atoms with Gasteiger partial charge in [0.15, 0.2) is 5.17 Å². The number of hydrogen-bond acceptors (Lipinski definition) is 4. The molecular formula is C20H16F6N2O2S. The van der Waals surface area contributed by atoms with E-state index < -0.39 is 39.8 Å². The Labute approximate surface area is 177 Å². The number of halogens is 6. The van der Waals surface area contributed by atoms with Gasteiger partial charge in [-0.15, -0.1) is 0 Å². The highest BCUT2D eigenvalue weighted by atomic mass is 32.2. The standard InChI is InChI=1S/C20H16F6N2O2S/c1-18(2)16(29)28(30-11-12-6-4-3-5-7-12)17(31-18)27-15-9-13(19(21,22)23)8-14(10-15)20(24,25)26/h3-10H,11H2,1-2H3. The molecule has 1 aliphatic rings. The Bertz CT molecular complexity index is 971. The molecule has 4 nitrogen and oxygen atoms in total. The Balaban J connectivity index is 1.99. The third kappa shape index (κ3) is 5.40. The Morgan fingerprint density at radius 3 is 2.03 bits per heavy atom. The van der Waals surface area contributed by atoms with Crippen LogP contribution in [0.25, 0.3) is 0 Å². The number of aliphatic imine (C=N–C) groups is 1. The van der Waals surface area contributed by atoms with Crippen molar-refractivity contribution in [1.82, 2.24) is 5.06 Å². The normalized spacial score (nSPS) is 18.1. The Kier molecular flexibility index (Phi) is 6.12. The summed E-state index contributed by atoms with van der Waals surface area (Å²) in [4.78, 5) is 22.1. The van der Waals surface area contributed by atoms with E-state index in [4.69, 9.17) is 4.84 Å². The molecule has 1 fully saturated rings. The van der Waals surface area contributed by atoms with Crippen LogP contribution in [0.5, 0.6) is 0 Å². The summed E-state index contributed by atoms with van der Waals surface area (Å²) in [6.45, 7) is 3.06. The van der Waals surface area contributed by atoms with E-state index in [1.165, 1.54) is 0 Å². The highest BCUT2D eigenvalue weighted by Gasteiger charge is 2.46. The third-order valence-electron chi connectivity index (χ3n) is 4.22. The molecule has 0 unspecified atom stereocenters. The fraction of sp³-hybridized carbons (Fsp3) is 0.300. The number of hydrogen-bond donors (Lipinski definition) is 0. The van der Waals surface area contributed by atoms with Gasteiger partial charge in [-0.05, 0) is 37.6 Å². The summed E-state index contributed by atoms with van der Waals surface area (Å²) in [5.41, 5.74) is -2.87. The van der Waals surface area contributed by atoms with Crippen LogP contribution in [-0.2, 0) is 28.6 Å². The van der Waals surface area contributed by atoms with Crippen LogP contribution < -0.4 is 0 Å². The van der Waals surface area contributed by atoms with E-state index in [-0.39, 0.29) is 17.8 Å². The lowest BCUT2D eigenvalue weighted by Crippen LogP contribution is -2.35. The minimum atomic E-state index is -5.00. The monoisotopic (exact) mass is 462 g/mol. The highest BCUT2D eigenvalue weighted by Crippen LogP contribution is 2.41. The quantitative estimate of drug-likeness (QED) is 0.509. The van der Waals surface area contributed by atoms with Gasteiger partial charge in [0.05, 0.1) is 21.6 Å². The predicted octanol–water partition coefficient (Wildman–Crippen LogP) is 6.20. The molecule has 1 saturated heterocycles. The predicted molar refractivity (Wildman–Crippen MR) is 103 cm³/mol. The van der Waals surface area contributed by atoms with Gasteiger partial charge in [0.1, 0.15) is 6.61 Å². The Morgan fingerprint density at radius 2 is 1.52 bits per heavy atom. The molecule has 166 valence electrons. The number of benzene rings is 2. The zero-order chi connectivity index (χ0) is 23.0. The first kappa shape index (κ1) is 23.1. The SMILES string of the molecule is CC1(C)SC(=Nc2cc(C(F)(F)F)cc(C(F)(F)F)c2)N(OCc2ccccc2)C1=O. The van der Waals surface area contributed by atoms with Gasteiger partial charge in [-0.2, -0.15) is 31.4 Å². The van der Waals surface area contributed by atoms with Crippen molar-refractivity contribution in [1.29, 1.82) is 0 Å². The second kappa shape index (κ2) is 8.19. The van der Waals surface area contributed by atoms with E-state index in [0.717, 1.165) is 16.8 Å². The van der Waals surface area contributed by atoms with E-state index >= 15 is 0 Å². The molecule has 0 N–H and O–H groups in total. The second-order valence-electron chi connectivity index (χ2n) is 7.13. The molecule has 2 aromatic rings. The molecule has 0 bridgehead atoms. The fourth-order valence-electron chi connectivity index (χ4n) is 2.65. The smallest absolute Gasteiger partial charge is 0.270 e. The summed E-state index contributed by atoms with van der Waals surface area (Å²) in [6, 6.07) is 9.75. The first-order chi connectivity index (χ1) is 14.3. The van der Waals surface area contributed by atoms with Crippen LogP contribution in [0, 0.1) is 0 Å². The molecule has 3 rings (SSSR count). The average Bonchev–Trinajstić information content (AvgIpc) is 2.87. The van der Waals surface area contributed by atoms with E-state index in [1.54, 1.807) is 44.2 Å². The number of nitrogens with zero attached hydrogens (tertiary/aromatic N) is 2. The van der Waals surface area contributed by atoms with Gasteiger partial charge in [-0.25, -0.2) is 4.99 Å². The van der Waals surface area contributed by atoms with Crippen molar-refractivity contribution in [3.05, 3.63) is 65.2 Å². The van der Waals surface area contributed by atoms with Crippen molar-refractivity contribution in [3.8, 4) is 0 Å². The molecule has 0 atom stereocenters. The summed E-state index contributed by atoms with van der Waals surface area (Å²) < 4.78 is 77.6. The molecular weight excluding hydrogens is 446 g/mol. The van der Waals surface area contributed by atoms with Gasteiger partial charge < -0.3 is 0 Å². The van der Waals surface area contributed by atoms with Gasteiger partial charge in [0, 0.05) is 0 Å². The number of rotatable bonds is 4. The summed E-state index contributed by atoms with van der Waals surface area (Å²) >= 11 is 0.880. The first-order valence-corrected chi connectivity index (χ1v) is 9.67. The third-order valence-corrected chi connectivity index (χ3v) is 5.34. The molecule has 1 amide bonds. The number of thioether (sulfide) groups is 1. The molecule has 31 heavy (non-hydrogen) atoms. The molecule has 1 aliphatic heterocycles. The topological polar surface area (TPSA) is 41.9 Å². The lowest BCUT2D eigenvalue weighted by atomic mass is 10.1. The van der Waals surface area contributed by atoms with Crippen molar-refractivity contribution in [2.24, 2.45) is 4.99 Å². The van der Waals surface area contributed by atoms with Gasteiger partial charge in [-0.3, -0.25) is 9.63 Å². The van der Waals surface area contributed by atoms with Crippen molar-refractivity contribution >= 4 is 28.5 Å². The highest BCUT2D eigenvalue weighted by molar-refractivity contribution is 8.16. The average molecular weight is 462 g/mol. The fourth-order valence-corrected chi connectivity index (χ4v) is 3.65. The Morgan fingerprint density at radius 1 is 0.968 bits per heavy atom. The van der Waals surface area contributed by atoms with Crippen LogP contribution in [0.4, 0.5) is 32.0 Å². The maximum Gasteiger partial charge on any atom is 0.416 e. The molecule has 2 aromatic carbocycles. The second-order valence-corrected chi connectivity index (χ2v) is 8.72. The molecule has 0 aliphatic carbocycles. The number of carbonyl (C=O) groups is 1. The van der Waals surface area contributed by atoms with Crippen LogP contribution >= 0.6 is 11.8 Å². The minimum absolute atomic E-state index is 0.0181. The largest absolute Gasteiger partial charge is 0.416 e. The summed E-state index contributed by atoms with van der Waals surface area (Å²) in [6.07, 6.45) is -10.0. The van der Waals surface area contributed by atoms with E-state index in [9.17, 15) is 31.1 Å². The summed E-state index contributed by atoms with van der Waals surface area (Å²) in [5.74, 6) is -0.532. The number of alkyl halides is 6. The minimum Gasteiger partial charge on any atom is -0.270 e. The van der Waals surface area contributed by atoms with Crippen LogP contribution in [0.15, 0.2) is 53.5 Å². The number of carbonyl (C=O) groups excluding carboxylic acids is 1. The van der Waals surface area contributed by atoms with Crippen molar-refractivity contribution in [3.63, 3.8) is 0 Å². The molecule has 11 heteroatoms. The molecule has 0 radical (unpaired) electrons. The molecule has 0 aromatic heterocycles. The van der Waals surface area contributed by atoms with Gasteiger partial charge in [0.2, 0.25) is 0 Å². The summed E-state index contributed by atoms with van der Waals surface area (Å²) in [7, 11) is 0. The zero-order valence-corrected chi connectivity index (χ0v) is 17.0. The van der Waals surface area contributed by atoms with Crippen molar-refractivity contribution in [2.75, 3.05) is 0 Å². The molecule has 0 saturated carbocycles. The van der Waals surface area contributed by atoms with Crippen molar-refractivity contribution < 1.29 is 36.0 Å². The number of amides is 1. The summed E-state index contributed by atoms with van der Waals surface area (Å²) in [5, 5.41) is 0.656. The van der Waals surface area contributed by atoms with Gasteiger partial charge in [-0.1, -0.05) is 42.1 Å². The first-order valence-electron chi connectivity index (χ1n) is 8.86. The van der Waals surface area contributed by atoms with E-state index in [1.807, 2.05) is 0 Å².